The maximum absolute atomic E-state index is 13.2. The number of hydrogen-bond acceptors (Lipinski definition) is 2. The molecule has 116 valence electrons. The van der Waals surface area contributed by atoms with Gasteiger partial charge in [-0.1, -0.05) is 60.7 Å². The molecule has 0 atom stereocenters. The monoisotopic (exact) mass is 312 g/mol. The Kier molecular flexibility index (Phi) is 3.47. The molecule has 0 saturated carbocycles. The lowest BCUT2D eigenvalue weighted by Gasteiger charge is -2.15. The van der Waals surface area contributed by atoms with Crippen molar-refractivity contribution in [3.05, 3.63) is 94.8 Å². The number of para-hydroxylation sites is 2. The number of fused-ring (bicyclic) bond motifs is 1. The van der Waals surface area contributed by atoms with Gasteiger partial charge in [0.2, 0.25) is 0 Å². The van der Waals surface area contributed by atoms with E-state index in [1.165, 1.54) is 0 Å². The van der Waals surface area contributed by atoms with E-state index in [9.17, 15) is 4.79 Å². The Morgan fingerprint density at radius 3 is 2.25 bits per heavy atom. The second-order valence-electron chi connectivity index (χ2n) is 5.75. The molecular formula is C21H16N2O. The summed E-state index contributed by atoms with van der Waals surface area (Å²) in [7, 11) is 0. The molecule has 1 aromatic heterocycles. The standard InChI is InChI=1S/C21H16N2O/c1-15-9-5-8-14-19(15)23-20(16-10-3-2-4-11-16)22-18-13-7-6-12-17(18)21(23)24/h2-14H,1H3. The van der Waals surface area contributed by atoms with Crippen molar-refractivity contribution in [2.45, 2.75) is 6.92 Å². The highest BCUT2D eigenvalue weighted by Crippen LogP contribution is 2.23. The van der Waals surface area contributed by atoms with Crippen LogP contribution in [0.15, 0.2) is 83.7 Å². The SMILES string of the molecule is Cc1ccccc1-n1c(-c2ccccc2)nc2ccccc2c1=O. The summed E-state index contributed by atoms with van der Waals surface area (Å²) < 4.78 is 1.72. The molecule has 0 radical (unpaired) electrons. The van der Waals surface area contributed by atoms with Gasteiger partial charge in [0.1, 0.15) is 5.82 Å². The first-order valence-corrected chi connectivity index (χ1v) is 7.89. The summed E-state index contributed by atoms with van der Waals surface area (Å²) in [4.78, 5) is 18.0. The average Bonchev–Trinajstić information content (AvgIpc) is 2.63. The van der Waals surface area contributed by atoms with E-state index in [1.807, 2.05) is 85.8 Å². The zero-order chi connectivity index (χ0) is 16.5. The molecule has 0 saturated heterocycles. The fraction of sp³-hybridized carbons (Fsp3) is 0.0476. The number of rotatable bonds is 2. The van der Waals surface area contributed by atoms with Gasteiger partial charge in [-0.15, -0.1) is 0 Å². The summed E-state index contributed by atoms with van der Waals surface area (Å²) in [6.45, 7) is 2.01. The predicted molar refractivity (Wildman–Crippen MR) is 97.5 cm³/mol. The fourth-order valence-electron chi connectivity index (χ4n) is 2.95. The van der Waals surface area contributed by atoms with Gasteiger partial charge in [0, 0.05) is 5.56 Å². The molecule has 3 heteroatoms. The van der Waals surface area contributed by atoms with Gasteiger partial charge in [0.15, 0.2) is 0 Å². The molecule has 0 aliphatic heterocycles. The van der Waals surface area contributed by atoms with E-state index in [1.54, 1.807) is 4.57 Å². The van der Waals surface area contributed by atoms with Gasteiger partial charge >= 0.3 is 0 Å². The Morgan fingerprint density at radius 1 is 0.792 bits per heavy atom. The van der Waals surface area contributed by atoms with Gasteiger partial charge in [-0.05, 0) is 30.7 Å². The predicted octanol–water partition coefficient (Wildman–Crippen LogP) is 4.36. The number of aromatic nitrogens is 2. The molecule has 3 nitrogen and oxygen atoms in total. The van der Waals surface area contributed by atoms with Crippen LogP contribution in [0.3, 0.4) is 0 Å². The minimum Gasteiger partial charge on any atom is -0.268 e. The Hall–Kier alpha value is -3.20. The van der Waals surface area contributed by atoms with Crippen LogP contribution in [0.25, 0.3) is 28.0 Å². The number of benzene rings is 3. The Bertz CT molecular complexity index is 1080. The molecule has 0 fully saturated rings. The summed E-state index contributed by atoms with van der Waals surface area (Å²) >= 11 is 0. The second-order valence-corrected chi connectivity index (χ2v) is 5.75. The van der Waals surface area contributed by atoms with Crippen molar-refractivity contribution in [1.82, 2.24) is 9.55 Å². The number of aryl methyl sites for hydroxylation is 1. The zero-order valence-corrected chi connectivity index (χ0v) is 13.3. The van der Waals surface area contributed by atoms with Crippen molar-refractivity contribution in [2.75, 3.05) is 0 Å². The number of hydrogen-bond donors (Lipinski definition) is 0. The molecule has 4 rings (SSSR count). The highest BCUT2D eigenvalue weighted by atomic mass is 16.1. The van der Waals surface area contributed by atoms with Crippen LogP contribution in [-0.4, -0.2) is 9.55 Å². The lowest BCUT2D eigenvalue weighted by atomic mass is 10.1. The van der Waals surface area contributed by atoms with Crippen LogP contribution in [0.5, 0.6) is 0 Å². The minimum atomic E-state index is -0.0475. The molecule has 1 heterocycles. The lowest BCUT2D eigenvalue weighted by molar-refractivity contribution is 0.965. The van der Waals surface area contributed by atoms with E-state index in [0.29, 0.717) is 16.7 Å². The van der Waals surface area contributed by atoms with Crippen molar-refractivity contribution in [3.8, 4) is 17.1 Å². The quantitative estimate of drug-likeness (QED) is 0.551. The van der Waals surface area contributed by atoms with Crippen LogP contribution < -0.4 is 5.56 Å². The zero-order valence-electron chi connectivity index (χ0n) is 13.3. The van der Waals surface area contributed by atoms with Crippen molar-refractivity contribution >= 4 is 10.9 Å². The maximum Gasteiger partial charge on any atom is 0.266 e. The maximum atomic E-state index is 13.2. The molecule has 0 aliphatic carbocycles. The summed E-state index contributed by atoms with van der Waals surface area (Å²) in [5.74, 6) is 0.661. The molecule has 0 spiro atoms. The third kappa shape index (κ3) is 2.31. The van der Waals surface area contributed by atoms with Gasteiger partial charge in [-0.3, -0.25) is 9.36 Å². The summed E-state index contributed by atoms with van der Waals surface area (Å²) in [6.07, 6.45) is 0. The first-order chi connectivity index (χ1) is 11.8. The molecule has 3 aromatic carbocycles. The van der Waals surface area contributed by atoms with Crippen molar-refractivity contribution in [2.24, 2.45) is 0 Å². The van der Waals surface area contributed by atoms with Crippen LogP contribution in [0.2, 0.25) is 0 Å². The lowest BCUT2D eigenvalue weighted by Crippen LogP contribution is -2.22. The van der Waals surface area contributed by atoms with Crippen LogP contribution >= 0.6 is 0 Å². The van der Waals surface area contributed by atoms with Gasteiger partial charge in [-0.2, -0.15) is 0 Å². The van der Waals surface area contributed by atoms with Gasteiger partial charge in [0.05, 0.1) is 16.6 Å². The third-order valence-electron chi connectivity index (χ3n) is 4.16. The van der Waals surface area contributed by atoms with Gasteiger partial charge in [-0.25, -0.2) is 4.98 Å². The third-order valence-corrected chi connectivity index (χ3v) is 4.16. The smallest absolute Gasteiger partial charge is 0.266 e. The largest absolute Gasteiger partial charge is 0.268 e. The van der Waals surface area contributed by atoms with Crippen LogP contribution in [0, 0.1) is 6.92 Å². The summed E-state index contributed by atoms with van der Waals surface area (Å²) in [6, 6.07) is 25.2. The topological polar surface area (TPSA) is 34.9 Å². The fourth-order valence-corrected chi connectivity index (χ4v) is 2.95. The van der Waals surface area contributed by atoms with Gasteiger partial charge in [0.25, 0.3) is 5.56 Å². The molecule has 24 heavy (non-hydrogen) atoms. The highest BCUT2D eigenvalue weighted by Gasteiger charge is 2.15. The van der Waals surface area contributed by atoms with E-state index in [4.69, 9.17) is 4.98 Å². The minimum absolute atomic E-state index is 0.0475. The average molecular weight is 312 g/mol. The van der Waals surface area contributed by atoms with Crippen LogP contribution in [-0.2, 0) is 0 Å². The van der Waals surface area contributed by atoms with E-state index in [-0.39, 0.29) is 5.56 Å². The Labute approximate surface area is 139 Å². The molecule has 0 amide bonds. The molecule has 0 N–H and O–H groups in total. The van der Waals surface area contributed by atoms with Crippen LogP contribution in [0.1, 0.15) is 5.56 Å². The first-order valence-electron chi connectivity index (χ1n) is 7.89. The molecule has 0 bridgehead atoms. The molecule has 4 aromatic rings. The molecular weight excluding hydrogens is 296 g/mol. The Morgan fingerprint density at radius 2 is 1.46 bits per heavy atom. The van der Waals surface area contributed by atoms with Crippen LogP contribution in [0.4, 0.5) is 0 Å². The summed E-state index contributed by atoms with van der Waals surface area (Å²) in [5, 5.41) is 0.625. The van der Waals surface area contributed by atoms with Crippen molar-refractivity contribution < 1.29 is 0 Å². The highest BCUT2D eigenvalue weighted by molar-refractivity contribution is 5.80. The van der Waals surface area contributed by atoms with Crippen molar-refractivity contribution in [1.29, 1.82) is 0 Å². The van der Waals surface area contributed by atoms with Crippen molar-refractivity contribution in [3.63, 3.8) is 0 Å². The van der Waals surface area contributed by atoms with E-state index >= 15 is 0 Å². The Balaban J connectivity index is 2.16. The number of nitrogens with zero attached hydrogens (tertiary/aromatic N) is 2. The normalized spacial score (nSPS) is 10.9. The molecule has 0 unspecified atom stereocenters. The van der Waals surface area contributed by atoms with E-state index in [2.05, 4.69) is 0 Å². The summed E-state index contributed by atoms with van der Waals surface area (Å²) in [5.41, 5.74) is 3.48. The second kappa shape index (κ2) is 5.78. The molecule has 0 aliphatic rings. The van der Waals surface area contributed by atoms with Gasteiger partial charge < -0.3 is 0 Å². The van der Waals surface area contributed by atoms with E-state index in [0.717, 1.165) is 16.8 Å². The first kappa shape index (κ1) is 14.4. The van der Waals surface area contributed by atoms with E-state index < -0.39 is 0 Å².